The predicted molar refractivity (Wildman–Crippen MR) is 338 cm³/mol. The monoisotopic (exact) mass is 1290 g/mol. The van der Waals surface area contributed by atoms with Crippen LogP contribution in [0.5, 0.6) is 23.0 Å². The molecule has 0 N–H and O–H groups in total. The number of benzene rings is 3. The van der Waals surface area contributed by atoms with Crippen molar-refractivity contribution in [2.75, 3.05) is 67.8 Å². The SMILES string of the molecule is COc1ccc([C@@H]2CCC(=O)OC2)cc1P(C)(C)=O.COc1ccc([C@H](CCC(=O)OC(C)(C)C)CO[Si](C)(C)C(C)(C)C)cc1OS(=O)(=O)C(F)(F)F.COc1ccc([C@H](CCC(=O)OC(C)(C)C)CO[Si](C)(C)C(C)(C)C)cc1P(C)(C)=O. The summed E-state index contributed by atoms with van der Waals surface area (Å²) in [7, 11) is -10.6. The van der Waals surface area contributed by atoms with E-state index in [2.05, 4.69) is 71.9 Å². The number of carbonyl (C=O) groups excluding carboxylic acids is 3. The lowest BCUT2D eigenvalue weighted by molar-refractivity contribution is -0.156. The highest BCUT2D eigenvalue weighted by atomic mass is 32.2. The Labute approximate surface area is 508 Å². The smallest absolute Gasteiger partial charge is 0.496 e. The van der Waals surface area contributed by atoms with Crippen molar-refractivity contribution in [1.82, 2.24) is 0 Å². The highest BCUT2D eigenvalue weighted by Crippen LogP contribution is 2.44. The summed E-state index contributed by atoms with van der Waals surface area (Å²) >= 11 is 0. The number of methoxy groups -OCH3 is 3. The Balaban J connectivity index is 0.000000452. The van der Waals surface area contributed by atoms with Gasteiger partial charge in [-0.2, -0.15) is 21.6 Å². The van der Waals surface area contributed by atoms with Crippen LogP contribution in [0.1, 0.15) is 156 Å². The molecule has 3 atom stereocenters. The first-order valence-corrected chi connectivity index (χ1v) is 40.8. The van der Waals surface area contributed by atoms with Crippen molar-refractivity contribution < 1.29 is 86.6 Å². The molecule has 3 aromatic carbocycles. The van der Waals surface area contributed by atoms with Crippen molar-refractivity contribution >= 4 is 69.6 Å². The summed E-state index contributed by atoms with van der Waals surface area (Å²) in [6.45, 7) is 40.3. The van der Waals surface area contributed by atoms with Gasteiger partial charge in [-0.25, -0.2) is 0 Å². The second-order valence-electron chi connectivity index (χ2n) is 27.2. The van der Waals surface area contributed by atoms with Crippen LogP contribution in [-0.4, -0.2) is 127 Å². The predicted octanol–water partition coefficient (Wildman–Crippen LogP) is 14.7. The maximum absolute atomic E-state index is 12.9. The van der Waals surface area contributed by atoms with Gasteiger partial charge in [0.05, 0.1) is 38.5 Å². The summed E-state index contributed by atoms with van der Waals surface area (Å²) < 4.78 is 136. The first-order valence-electron chi connectivity index (χ1n) is 28.4. The molecule has 0 unspecified atom stereocenters. The van der Waals surface area contributed by atoms with Crippen molar-refractivity contribution in [3.8, 4) is 23.0 Å². The summed E-state index contributed by atoms with van der Waals surface area (Å²) in [6, 6.07) is 15.7. The molecule has 0 radical (unpaired) electrons. The highest BCUT2D eigenvalue weighted by molar-refractivity contribution is 7.88. The lowest BCUT2D eigenvalue weighted by atomic mass is 9.93. The summed E-state index contributed by atoms with van der Waals surface area (Å²) in [4.78, 5) is 35.8. The minimum atomic E-state index is -5.91. The van der Waals surface area contributed by atoms with Gasteiger partial charge < -0.3 is 50.6 Å². The van der Waals surface area contributed by atoms with Gasteiger partial charge >= 0.3 is 33.5 Å². The largest absolute Gasteiger partial charge is 0.534 e. The van der Waals surface area contributed by atoms with Gasteiger partial charge in [0.1, 0.15) is 37.0 Å². The molecule has 4 rings (SSSR count). The Hall–Kier alpha value is -4.18. The first-order chi connectivity index (χ1) is 38.4. The van der Waals surface area contributed by atoms with Gasteiger partial charge in [-0.15, -0.1) is 0 Å². The Morgan fingerprint density at radius 2 is 1.00 bits per heavy atom. The summed E-state index contributed by atoms with van der Waals surface area (Å²) in [5.74, 6) is -0.533. The fraction of sp³-hybridized carbons (Fsp3) is 0.656. The van der Waals surface area contributed by atoms with Crippen molar-refractivity contribution in [3.05, 3.63) is 71.3 Å². The molecule has 1 aliphatic rings. The Morgan fingerprint density at radius 1 is 0.612 bits per heavy atom. The van der Waals surface area contributed by atoms with Crippen LogP contribution in [0.2, 0.25) is 36.3 Å². The molecule has 0 amide bonds. The third-order valence-corrected chi connectivity index (χ3v) is 27.9. The molecule has 0 bridgehead atoms. The second kappa shape index (κ2) is 30.4. The Bertz CT molecular complexity index is 2920. The van der Waals surface area contributed by atoms with Crippen molar-refractivity contribution in [2.24, 2.45) is 0 Å². The van der Waals surface area contributed by atoms with Crippen LogP contribution in [0.25, 0.3) is 0 Å². The van der Waals surface area contributed by atoms with Gasteiger partial charge in [0.25, 0.3) is 0 Å². The van der Waals surface area contributed by atoms with Gasteiger partial charge in [0, 0.05) is 50.2 Å². The van der Waals surface area contributed by atoms with Gasteiger partial charge in [-0.05, 0) is 177 Å². The molecule has 1 heterocycles. The van der Waals surface area contributed by atoms with E-state index in [9.17, 15) is 45.1 Å². The van der Waals surface area contributed by atoms with Crippen LogP contribution in [0.4, 0.5) is 13.2 Å². The molecular formula is C61H99F3O16P2SSi2. The fourth-order valence-corrected chi connectivity index (χ4v) is 12.8. The number of rotatable bonds is 22. The molecule has 85 heavy (non-hydrogen) atoms. The van der Waals surface area contributed by atoms with E-state index in [1.54, 1.807) is 67.7 Å². The van der Waals surface area contributed by atoms with E-state index in [1.165, 1.54) is 19.2 Å². The lowest BCUT2D eigenvalue weighted by Gasteiger charge is -2.37. The van der Waals surface area contributed by atoms with E-state index in [-0.39, 0.29) is 59.0 Å². The van der Waals surface area contributed by atoms with Crippen LogP contribution in [0.15, 0.2) is 54.6 Å². The van der Waals surface area contributed by atoms with E-state index < -0.39 is 75.4 Å². The number of cyclic esters (lactones) is 1. The average Bonchev–Trinajstić information content (AvgIpc) is 3.04. The molecule has 3 aromatic rings. The standard InChI is InChI=1S/C24H43O5PSi.C23H37F3O7SSi.C14H19O4P/c1-23(2,3)29-22(25)15-13-19(17-28-31(10,11)24(4,5)6)18-12-14-20(27-7)21(16-18)30(8,9)26;1-21(2,3)32-20(27)13-11-17(15-31-35(8,9)22(4,5)6)16-10-12-18(30-7)19(14-16)33-34(28,29)23(24,25)26;1-17-12-6-4-10(8-13(12)19(2,3)16)11-5-7-14(15)18-9-11/h12,14,16,19H,13,15,17H2,1-11H3;10,12,14,17H,11,13,15H2,1-9H3;4,6,8,11H,5,7,9H2,1-3H3/t19-;17-;11-/m111/s1. The topological polar surface area (TPSA) is 203 Å². The van der Waals surface area contributed by atoms with Gasteiger partial charge in [0.15, 0.2) is 28.1 Å². The maximum atomic E-state index is 12.9. The number of alkyl halides is 3. The number of halogens is 3. The number of carbonyl (C=O) groups is 3. The lowest BCUT2D eigenvalue weighted by Crippen LogP contribution is -2.41. The molecule has 16 nitrogen and oxygen atoms in total. The normalized spacial score (nSPS) is 15.6. The fourth-order valence-electron chi connectivity index (χ4n) is 7.96. The zero-order valence-electron chi connectivity index (χ0n) is 54.8. The minimum absolute atomic E-state index is 0.00199. The molecular weight excluding hydrogens is 1200 g/mol. The average molecular weight is 1300 g/mol. The zero-order valence-corrected chi connectivity index (χ0v) is 59.4. The molecule has 1 fully saturated rings. The summed E-state index contributed by atoms with van der Waals surface area (Å²) in [5.41, 5.74) is -4.25. The van der Waals surface area contributed by atoms with E-state index in [4.69, 9.17) is 37.3 Å². The molecule has 0 saturated carbocycles. The molecule has 484 valence electrons. The third-order valence-electron chi connectivity index (χ3n) is 14.9. The van der Waals surface area contributed by atoms with Crippen LogP contribution in [0, 0.1) is 0 Å². The van der Waals surface area contributed by atoms with Crippen LogP contribution in [-0.2, 0) is 56.7 Å². The van der Waals surface area contributed by atoms with Crippen molar-refractivity contribution in [3.63, 3.8) is 0 Å². The highest BCUT2D eigenvalue weighted by Gasteiger charge is 2.49. The number of hydrogen-bond donors (Lipinski definition) is 0. The Morgan fingerprint density at radius 3 is 1.35 bits per heavy atom. The summed E-state index contributed by atoms with van der Waals surface area (Å²) in [5, 5.41) is 1.47. The number of ether oxygens (including phenoxy) is 6. The minimum Gasteiger partial charge on any atom is -0.496 e. The van der Waals surface area contributed by atoms with Gasteiger partial charge in [-0.1, -0.05) is 59.7 Å². The molecule has 1 aliphatic heterocycles. The van der Waals surface area contributed by atoms with Gasteiger partial charge in [0.2, 0.25) is 0 Å². The quantitative estimate of drug-likeness (QED) is 0.0229. The van der Waals surface area contributed by atoms with Crippen LogP contribution >= 0.6 is 14.3 Å². The second-order valence-corrected chi connectivity index (χ2v) is 44.7. The van der Waals surface area contributed by atoms with E-state index in [1.807, 2.05) is 57.2 Å². The van der Waals surface area contributed by atoms with Crippen LogP contribution < -0.4 is 29.0 Å². The van der Waals surface area contributed by atoms with Gasteiger partial charge in [-0.3, -0.25) is 14.4 Å². The molecule has 0 spiro atoms. The van der Waals surface area contributed by atoms with Crippen molar-refractivity contribution in [1.29, 1.82) is 0 Å². The summed E-state index contributed by atoms with van der Waals surface area (Å²) in [6.07, 6.45) is 2.44. The first kappa shape index (κ1) is 76.9. The zero-order chi connectivity index (χ0) is 65.8. The molecule has 0 aliphatic carbocycles. The molecule has 1 saturated heterocycles. The third kappa shape index (κ3) is 25.1. The maximum Gasteiger partial charge on any atom is 0.534 e. The Kier molecular flexibility index (Phi) is 27.5. The molecule has 0 aromatic heterocycles. The van der Waals surface area contributed by atoms with E-state index >= 15 is 0 Å². The number of esters is 3. The van der Waals surface area contributed by atoms with E-state index in [0.29, 0.717) is 49.5 Å². The molecule has 24 heteroatoms. The van der Waals surface area contributed by atoms with Crippen molar-refractivity contribution in [2.45, 2.75) is 192 Å². The van der Waals surface area contributed by atoms with Crippen LogP contribution in [0.3, 0.4) is 0 Å². The van der Waals surface area contributed by atoms with E-state index in [0.717, 1.165) is 28.2 Å². The number of hydrogen-bond acceptors (Lipinski definition) is 16.